The highest BCUT2D eigenvalue weighted by Crippen LogP contribution is 2.49. The molecule has 1 atom stereocenters. The molecule has 1 rings (SSSR count). The second kappa shape index (κ2) is 4.76. The molecule has 7 heteroatoms. The van der Waals surface area contributed by atoms with E-state index in [1.54, 1.807) is 12.1 Å². The van der Waals surface area contributed by atoms with Crippen molar-refractivity contribution >= 4 is 30.2 Å². The van der Waals surface area contributed by atoms with Crippen LogP contribution in [0.5, 0.6) is 5.75 Å². The van der Waals surface area contributed by atoms with Crippen LogP contribution in [0.3, 0.4) is 0 Å². The second-order valence-corrected chi connectivity index (χ2v) is 5.73. The molecule has 0 aliphatic rings. The van der Waals surface area contributed by atoms with E-state index in [1.165, 1.54) is 6.07 Å². The number of benzene rings is 1. The molecule has 0 radical (unpaired) electrons. The van der Waals surface area contributed by atoms with Crippen LogP contribution in [0.2, 0.25) is 0 Å². The first-order chi connectivity index (χ1) is 6.83. The van der Waals surface area contributed by atoms with Gasteiger partial charge >= 0.3 is 13.8 Å². The molecule has 84 valence electrons. The van der Waals surface area contributed by atoms with E-state index in [4.69, 9.17) is 4.89 Å². The van der Waals surface area contributed by atoms with Gasteiger partial charge in [0.15, 0.2) is 0 Å². The molecule has 1 aromatic rings. The van der Waals surface area contributed by atoms with Crippen molar-refractivity contribution in [3.8, 4) is 5.75 Å². The minimum absolute atomic E-state index is 0.00710. The fraction of sp³-hybridized carbons (Fsp3) is 0.250. The molecule has 0 heterocycles. The van der Waals surface area contributed by atoms with E-state index in [1.807, 2.05) is 29.5 Å². The molecule has 3 nitrogen and oxygen atoms in total. The molecule has 1 N–H and O–H groups in total. The van der Waals surface area contributed by atoms with Gasteiger partial charge in [0, 0.05) is 0 Å². The van der Waals surface area contributed by atoms with Gasteiger partial charge in [-0.1, -0.05) is 6.07 Å². The minimum atomic E-state index is -4.87. The molecule has 15 heavy (non-hydrogen) atoms. The van der Waals surface area contributed by atoms with Crippen LogP contribution in [0, 0.1) is 10.5 Å². The lowest BCUT2D eigenvalue weighted by molar-refractivity contribution is 0.188. The lowest BCUT2D eigenvalue weighted by Crippen LogP contribution is -2.02. The minimum Gasteiger partial charge on any atom is -0.420 e. The Kier molecular flexibility index (Phi) is 4.08. The fourth-order valence-corrected chi connectivity index (χ4v) is 2.34. The molecule has 0 bridgehead atoms. The van der Waals surface area contributed by atoms with Crippen molar-refractivity contribution in [1.82, 2.24) is 0 Å². The summed E-state index contributed by atoms with van der Waals surface area (Å²) in [5.74, 6) is -0.00710. The third-order valence-corrected chi connectivity index (χ3v) is 3.36. The van der Waals surface area contributed by atoms with Crippen LogP contribution in [-0.4, -0.2) is 11.1 Å². The Bertz CT molecular complexity index is 411. The molecule has 0 saturated heterocycles. The summed E-state index contributed by atoms with van der Waals surface area (Å²) < 4.78 is 40.0. The maximum atomic E-state index is 12.1. The van der Waals surface area contributed by atoms with Crippen LogP contribution in [0.25, 0.3) is 0 Å². The van der Waals surface area contributed by atoms with Gasteiger partial charge in [-0.2, -0.15) is 8.78 Å². The Labute approximate surface area is 99.1 Å². The summed E-state index contributed by atoms with van der Waals surface area (Å²) in [5, 5.41) is 0. The molecule has 0 amide bonds. The SMILES string of the molecule is Cc1ccc(OP(=O)(O)C(F)F)c(I)c1. The maximum Gasteiger partial charge on any atom is 0.442 e. The van der Waals surface area contributed by atoms with Gasteiger partial charge in [-0.15, -0.1) is 0 Å². The number of hydrogen-bond donors (Lipinski definition) is 1. The average molecular weight is 348 g/mol. The molecule has 0 aliphatic carbocycles. The third kappa shape index (κ3) is 3.39. The molecule has 0 saturated carbocycles. The molecule has 0 aliphatic heterocycles. The molecule has 1 unspecified atom stereocenters. The van der Waals surface area contributed by atoms with Crippen LogP contribution in [0.15, 0.2) is 18.2 Å². The summed E-state index contributed by atoms with van der Waals surface area (Å²) in [4.78, 5) is 8.82. The van der Waals surface area contributed by atoms with Gasteiger partial charge in [0.25, 0.3) is 0 Å². The zero-order chi connectivity index (χ0) is 11.6. The van der Waals surface area contributed by atoms with Crippen LogP contribution < -0.4 is 4.52 Å². The van der Waals surface area contributed by atoms with E-state index in [0.717, 1.165) is 5.56 Å². The van der Waals surface area contributed by atoms with Crippen LogP contribution >= 0.6 is 30.2 Å². The number of alkyl halides is 2. The molecule has 0 spiro atoms. The van der Waals surface area contributed by atoms with Crippen LogP contribution in [0.4, 0.5) is 8.78 Å². The molecule has 1 aromatic carbocycles. The van der Waals surface area contributed by atoms with Crippen LogP contribution in [-0.2, 0) is 4.57 Å². The van der Waals surface area contributed by atoms with Gasteiger partial charge in [-0.25, -0.2) is 4.57 Å². The molecular weight excluding hydrogens is 340 g/mol. The highest BCUT2D eigenvalue weighted by molar-refractivity contribution is 14.1. The summed E-state index contributed by atoms with van der Waals surface area (Å²) in [7, 11) is -4.87. The Balaban J connectivity index is 2.95. The van der Waals surface area contributed by atoms with E-state index in [9.17, 15) is 13.3 Å². The lowest BCUT2D eigenvalue weighted by atomic mass is 10.2. The van der Waals surface area contributed by atoms with Crippen molar-refractivity contribution in [2.45, 2.75) is 13.1 Å². The van der Waals surface area contributed by atoms with Crippen molar-refractivity contribution in [2.24, 2.45) is 0 Å². The van der Waals surface area contributed by atoms with Gasteiger partial charge in [0.2, 0.25) is 0 Å². The number of halogens is 3. The first kappa shape index (κ1) is 12.9. The average Bonchev–Trinajstić information content (AvgIpc) is 2.09. The van der Waals surface area contributed by atoms with E-state index in [0.29, 0.717) is 3.57 Å². The highest BCUT2D eigenvalue weighted by atomic mass is 127. The van der Waals surface area contributed by atoms with Crippen molar-refractivity contribution in [2.75, 3.05) is 0 Å². The molecule has 0 aromatic heterocycles. The van der Waals surface area contributed by atoms with Crippen molar-refractivity contribution < 1.29 is 22.8 Å². The van der Waals surface area contributed by atoms with E-state index in [2.05, 4.69) is 4.52 Å². The summed E-state index contributed by atoms with van der Waals surface area (Å²) in [6.45, 7) is 1.82. The Morgan fingerprint density at radius 2 is 2.13 bits per heavy atom. The van der Waals surface area contributed by atoms with Gasteiger partial charge in [-0.05, 0) is 47.2 Å². The smallest absolute Gasteiger partial charge is 0.420 e. The largest absolute Gasteiger partial charge is 0.442 e. The van der Waals surface area contributed by atoms with E-state index < -0.39 is 13.8 Å². The second-order valence-electron chi connectivity index (χ2n) is 2.87. The monoisotopic (exact) mass is 348 g/mol. The summed E-state index contributed by atoms with van der Waals surface area (Å²) in [5.41, 5.74) is 0.913. The van der Waals surface area contributed by atoms with E-state index in [-0.39, 0.29) is 5.75 Å². The summed E-state index contributed by atoms with van der Waals surface area (Å²) >= 11 is 1.85. The summed E-state index contributed by atoms with van der Waals surface area (Å²) in [6.07, 6.45) is -3.39. The normalized spacial score (nSPS) is 15.1. The summed E-state index contributed by atoms with van der Waals surface area (Å²) in [6, 6.07) is 4.67. The quantitative estimate of drug-likeness (QED) is 0.673. The van der Waals surface area contributed by atoms with Crippen molar-refractivity contribution in [1.29, 1.82) is 0 Å². The topological polar surface area (TPSA) is 46.5 Å². The first-order valence-electron chi connectivity index (χ1n) is 3.89. The first-order valence-corrected chi connectivity index (χ1v) is 6.62. The number of aryl methyl sites for hydroxylation is 1. The van der Waals surface area contributed by atoms with E-state index >= 15 is 0 Å². The third-order valence-electron chi connectivity index (χ3n) is 1.56. The predicted octanol–water partition coefficient (Wildman–Crippen LogP) is 3.39. The molecular formula is C8H8F2IO3P. The van der Waals surface area contributed by atoms with Crippen LogP contribution in [0.1, 0.15) is 5.56 Å². The van der Waals surface area contributed by atoms with Crippen molar-refractivity contribution in [3.63, 3.8) is 0 Å². The Morgan fingerprint density at radius 1 is 1.53 bits per heavy atom. The Hall–Kier alpha value is -0.200. The lowest BCUT2D eigenvalue weighted by Gasteiger charge is -2.13. The fourth-order valence-electron chi connectivity index (χ4n) is 0.861. The van der Waals surface area contributed by atoms with Crippen molar-refractivity contribution in [3.05, 3.63) is 27.3 Å². The highest BCUT2D eigenvalue weighted by Gasteiger charge is 2.34. The van der Waals surface area contributed by atoms with Gasteiger partial charge in [0.1, 0.15) is 5.75 Å². The zero-order valence-electron chi connectivity index (χ0n) is 7.65. The molecule has 0 fully saturated rings. The maximum absolute atomic E-state index is 12.1. The Morgan fingerprint density at radius 3 is 2.60 bits per heavy atom. The zero-order valence-corrected chi connectivity index (χ0v) is 10.7. The number of rotatable bonds is 3. The standard InChI is InChI=1S/C8H8F2IO3P/c1-5-2-3-7(6(11)4-5)14-15(12,13)8(9)10/h2-4,8H,1H3,(H,12,13). The number of hydrogen-bond acceptors (Lipinski definition) is 2. The van der Waals surface area contributed by atoms with Gasteiger partial charge < -0.3 is 9.42 Å². The van der Waals surface area contributed by atoms with Gasteiger partial charge in [0.05, 0.1) is 3.57 Å². The predicted molar refractivity (Wildman–Crippen MR) is 60.4 cm³/mol. The van der Waals surface area contributed by atoms with Gasteiger partial charge in [-0.3, -0.25) is 0 Å².